The maximum absolute atomic E-state index is 11.6. The third kappa shape index (κ3) is 5.84. The molecule has 20 heavy (non-hydrogen) atoms. The summed E-state index contributed by atoms with van der Waals surface area (Å²) >= 11 is 0. The number of nitrogens with two attached hydrogens (primary N) is 1. The third-order valence-electron chi connectivity index (χ3n) is 2.79. The highest BCUT2D eigenvalue weighted by molar-refractivity contribution is 5.93. The molecule has 0 fully saturated rings. The Bertz CT molecular complexity index is 453. The summed E-state index contributed by atoms with van der Waals surface area (Å²) in [5, 5.41) is 5.59. The third-order valence-corrected chi connectivity index (χ3v) is 2.79. The minimum atomic E-state index is -0.0624. The van der Waals surface area contributed by atoms with E-state index in [-0.39, 0.29) is 23.8 Å². The van der Waals surface area contributed by atoms with Crippen LogP contribution in [0.15, 0.2) is 24.3 Å². The number of carbonyl (C=O) groups is 2. The van der Waals surface area contributed by atoms with Crippen molar-refractivity contribution < 1.29 is 9.59 Å². The van der Waals surface area contributed by atoms with Crippen LogP contribution in [0.4, 0.5) is 11.4 Å². The van der Waals surface area contributed by atoms with Crippen molar-refractivity contribution in [2.75, 3.05) is 10.6 Å². The van der Waals surface area contributed by atoms with E-state index in [9.17, 15) is 9.59 Å². The van der Waals surface area contributed by atoms with Crippen LogP contribution in [0.3, 0.4) is 0 Å². The molecule has 4 N–H and O–H groups in total. The molecule has 1 aromatic rings. The number of benzene rings is 1. The fourth-order valence-electron chi connectivity index (χ4n) is 1.51. The first kappa shape index (κ1) is 16.2. The van der Waals surface area contributed by atoms with E-state index in [2.05, 4.69) is 10.6 Å². The average Bonchev–Trinajstić information content (AvgIpc) is 2.38. The second-order valence-corrected chi connectivity index (χ2v) is 5.29. The quantitative estimate of drug-likeness (QED) is 0.746. The predicted octanol–water partition coefficient (Wildman–Crippen LogP) is 2.35. The average molecular weight is 277 g/mol. The first-order valence-electron chi connectivity index (χ1n) is 6.85. The Kier molecular flexibility index (Phi) is 6.18. The van der Waals surface area contributed by atoms with Crippen molar-refractivity contribution in [3.05, 3.63) is 24.3 Å². The lowest BCUT2D eigenvalue weighted by molar-refractivity contribution is -0.119. The Morgan fingerprint density at radius 1 is 1.05 bits per heavy atom. The van der Waals surface area contributed by atoms with Gasteiger partial charge in [0, 0.05) is 29.8 Å². The number of carbonyl (C=O) groups excluding carboxylic acids is 2. The summed E-state index contributed by atoms with van der Waals surface area (Å²) in [5.41, 5.74) is 7.03. The van der Waals surface area contributed by atoms with Crippen molar-refractivity contribution in [2.24, 2.45) is 11.7 Å². The standard InChI is InChI=1S/C15H23N3O2/c1-10(2)15(20)18-13-7-5-12(6-8-13)17-14(19)9-4-11(3)16/h5-8,10-11H,4,9,16H2,1-3H3,(H,17,19)(H,18,20). The molecule has 0 bridgehead atoms. The zero-order chi connectivity index (χ0) is 15.1. The van der Waals surface area contributed by atoms with Crippen LogP contribution >= 0.6 is 0 Å². The summed E-state index contributed by atoms with van der Waals surface area (Å²) in [6.45, 7) is 5.55. The van der Waals surface area contributed by atoms with Crippen molar-refractivity contribution >= 4 is 23.2 Å². The van der Waals surface area contributed by atoms with E-state index < -0.39 is 0 Å². The molecule has 0 spiro atoms. The highest BCUT2D eigenvalue weighted by Gasteiger charge is 2.07. The monoisotopic (exact) mass is 277 g/mol. The van der Waals surface area contributed by atoms with Gasteiger partial charge in [0.25, 0.3) is 0 Å². The summed E-state index contributed by atoms with van der Waals surface area (Å²) in [7, 11) is 0. The van der Waals surface area contributed by atoms with Crippen molar-refractivity contribution in [1.82, 2.24) is 0 Å². The predicted molar refractivity (Wildman–Crippen MR) is 81.4 cm³/mol. The Labute approximate surface area is 119 Å². The molecule has 1 atom stereocenters. The normalized spacial score (nSPS) is 12.1. The number of amides is 2. The summed E-state index contributed by atoms with van der Waals surface area (Å²) < 4.78 is 0. The molecule has 1 unspecified atom stereocenters. The minimum Gasteiger partial charge on any atom is -0.328 e. The first-order chi connectivity index (χ1) is 9.38. The van der Waals surface area contributed by atoms with Crippen LogP contribution in [0.5, 0.6) is 0 Å². The van der Waals surface area contributed by atoms with Gasteiger partial charge in [-0.2, -0.15) is 0 Å². The van der Waals surface area contributed by atoms with Crippen LogP contribution in [0.1, 0.15) is 33.6 Å². The number of nitrogens with one attached hydrogen (secondary N) is 2. The SMILES string of the molecule is CC(N)CCC(=O)Nc1ccc(NC(=O)C(C)C)cc1. The van der Waals surface area contributed by atoms with Crippen LogP contribution < -0.4 is 16.4 Å². The van der Waals surface area contributed by atoms with Gasteiger partial charge in [0.05, 0.1) is 0 Å². The summed E-state index contributed by atoms with van der Waals surface area (Å²) in [6.07, 6.45) is 1.07. The van der Waals surface area contributed by atoms with E-state index >= 15 is 0 Å². The second kappa shape index (κ2) is 7.65. The number of rotatable bonds is 6. The van der Waals surface area contributed by atoms with Gasteiger partial charge in [-0.25, -0.2) is 0 Å². The number of anilines is 2. The molecule has 1 rings (SSSR count). The maximum Gasteiger partial charge on any atom is 0.226 e. The minimum absolute atomic E-state index is 0.0226. The largest absolute Gasteiger partial charge is 0.328 e. The van der Waals surface area contributed by atoms with E-state index in [1.165, 1.54) is 0 Å². The van der Waals surface area contributed by atoms with Crippen molar-refractivity contribution in [3.8, 4) is 0 Å². The molecule has 0 saturated heterocycles. The van der Waals surface area contributed by atoms with Gasteiger partial charge in [-0.1, -0.05) is 13.8 Å². The van der Waals surface area contributed by atoms with E-state index in [4.69, 9.17) is 5.73 Å². The Hall–Kier alpha value is -1.88. The second-order valence-electron chi connectivity index (χ2n) is 5.29. The molecule has 0 aliphatic heterocycles. The number of hydrogen-bond acceptors (Lipinski definition) is 3. The van der Waals surface area contributed by atoms with Crippen molar-refractivity contribution in [1.29, 1.82) is 0 Å². The van der Waals surface area contributed by atoms with Crippen LogP contribution in [0.25, 0.3) is 0 Å². The molecule has 5 nitrogen and oxygen atoms in total. The Morgan fingerprint density at radius 2 is 1.55 bits per heavy atom. The lowest BCUT2D eigenvalue weighted by atomic mass is 10.2. The van der Waals surface area contributed by atoms with Gasteiger partial charge in [0.2, 0.25) is 11.8 Å². The molecule has 0 aliphatic carbocycles. The highest BCUT2D eigenvalue weighted by atomic mass is 16.2. The molecule has 110 valence electrons. The van der Waals surface area contributed by atoms with Crippen LogP contribution in [-0.2, 0) is 9.59 Å². The smallest absolute Gasteiger partial charge is 0.226 e. The van der Waals surface area contributed by atoms with Gasteiger partial charge >= 0.3 is 0 Å². The van der Waals surface area contributed by atoms with E-state index in [0.717, 1.165) is 5.69 Å². The molecule has 0 saturated carbocycles. The summed E-state index contributed by atoms with van der Waals surface area (Å²) in [5.74, 6) is -0.146. The van der Waals surface area contributed by atoms with Crippen molar-refractivity contribution in [2.45, 2.75) is 39.7 Å². The van der Waals surface area contributed by atoms with Gasteiger partial charge in [-0.3, -0.25) is 9.59 Å². The zero-order valence-corrected chi connectivity index (χ0v) is 12.3. The van der Waals surface area contributed by atoms with Crippen LogP contribution in [0, 0.1) is 5.92 Å². The molecule has 0 heterocycles. The van der Waals surface area contributed by atoms with E-state index in [1.54, 1.807) is 24.3 Å². The van der Waals surface area contributed by atoms with Gasteiger partial charge in [-0.15, -0.1) is 0 Å². The van der Waals surface area contributed by atoms with Crippen molar-refractivity contribution in [3.63, 3.8) is 0 Å². The molecule has 0 radical (unpaired) electrons. The first-order valence-corrected chi connectivity index (χ1v) is 6.85. The van der Waals surface area contributed by atoms with Gasteiger partial charge in [0.15, 0.2) is 0 Å². The van der Waals surface area contributed by atoms with Crippen LogP contribution in [0.2, 0.25) is 0 Å². The molecule has 1 aromatic carbocycles. The lowest BCUT2D eigenvalue weighted by Crippen LogP contribution is -2.19. The molecule has 0 aliphatic rings. The summed E-state index contributed by atoms with van der Waals surface area (Å²) in [6, 6.07) is 7.08. The van der Waals surface area contributed by atoms with Gasteiger partial charge in [-0.05, 0) is 37.6 Å². The fraction of sp³-hybridized carbons (Fsp3) is 0.467. The molecular weight excluding hydrogens is 254 g/mol. The Balaban J connectivity index is 2.50. The molecular formula is C15H23N3O2. The van der Waals surface area contributed by atoms with E-state index in [0.29, 0.717) is 18.5 Å². The van der Waals surface area contributed by atoms with Crippen LogP contribution in [-0.4, -0.2) is 17.9 Å². The molecule has 5 heteroatoms. The number of hydrogen-bond donors (Lipinski definition) is 3. The fourth-order valence-corrected chi connectivity index (χ4v) is 1.51. The highest BCUT2D eigenvalue weighted by Crippen LogP contribution is 2.15. The molecule has 0 aromatic heterocycles. The summed E-state index contributed by atoms with van der Waals surface area (Å²) in [4.78, 5) is 23.2. The Morgan fingerprint density at radius 3 is 2.00 bits per heavy atom. The topological polar surface area (TPSA) is 84.2 Å². The van der Waals surface area contributed by atoms with Gasteiger partial charge in [0.1, 0.15) is 0 Å². The maximum atomic E-state index is 11.6. The van der Waals surface area contributed by atoms with E-state index in [1.807, 2.05) is 20.8 Å². The lowest BCUT2D eigenvalue weighted by Gasteiger charge is -2.10. The van der Waals surface area contributed by atoms with Gasteiger partial charge < -0.3 is 16.4 Å². The molecule has 2 amide bonds. The zero-order valence-electron chi connectivity index (χ0n) is 12.3.